The summed E-state index contributed by atoms with van der Waals surface area (Å²) in [4.78, 5) is 0. The van der Waals surface area contributed by atoms with Crippen molar-refractivity contribution >= 4 is 29.3 Å². The Morgan fingerprint density at radius 1 is 0.611 bits per heavy atom. The van der Waals surface area contributed by atoms with Crippen molar-refractivity contribution in [2.75, 3.05) is 65.9 Å². The molecule has 0 unspecified atom stereocenters. The standard InChI is InChI=1S/C10H20Cl2NO4P/c11-18(12)13-1-3-14-5-7-16-9-10-17-8-6-15-4-2-13/h1-10H2. The average molecular weight is 320 g/mol. The van der Waals surface area contributed by atoms with Gasteiger partial charge in [0.05, 0.1) is 52.9 Å². The molecule has 5 nitrogen and oxygen atoms in total. The molecule has 0 saturated carbocycles. The first kappa shape index (κ1) is 16.9. The van der Waals surface area contributed by atoms with E-state index in [9.17, 15) is 0 Å². The molecule has 1 saturated heterocycles. The van der Waals surface area contributed by atoms with E-state index in [1.807, 2.05) is 4.67 Å². The van der Waals surface area contributed by atoms with Gasteiger partial charge in [-0.25, -0.2) is 0 Å². The fraction of sp³-hybridized carbons (Fsp3) is 1.00. The van der Waals surface area contributed by atoms with Gasteiger partial charge >= 0.3 is 0 Å². The van der Waals surface area contributed by atoms with Crippen molar-refractivity contribution in [2.45, 2.75) is 0 Å². The third kappa shape index (κ3) is 8.83. The lowest BCUT2D eigenvalue weighted by Gasteiger charge is -2.22. The van der Waals surface area contributed by atoms with Crippen LogP contribution in [0, 0.1) is 0 Å². The van der Waals surface area contributed by atoms with E-state index in [2.05, 4.69) is 0 Å². The highest BCUT2D eigenvalue weighted by Gasteiger charge is 2.13. The van der Waals surface area contributed by atoms with Gasteiger partial charge < -0.3 is 18.9 Å². The molecule has 0 aromatic heterocycles. The molecule has 8 heteroatoms. The second kappa shape index (κ2) is 11.6. The molecule has 0 amide bonds. The molecular formula is C10H20Cl2NO4P. The lowest BCUT2D eigenvalue weighted by molar-refractivity contribution is 0.00206. The summed E-state index contributed by atoms with van der Waals surface area (Å²) in [5.41, 5.74) is 0. The van der Waals surface area contributed by atoms with E-state index in [0.29, 0.717) is 65.9 Å². The molecule has 108 valence electrons. The number of hydrogen-bond acceptors (Lipinski definition) is 5. The Morgan fingerprint density at radius 3 is 1.28 bits per heavy atom. The summed E-state index contributed by atoms with van der Waals surface area (Å²) in [6.07, 6.45) is 0. The molecule has 0 aromatic rings. The molecule has 0 aromatic carbocycles. The van der Waals surface area contributed by atoms with Crippen molar-refractivity contribution in [1.29, 1.82) is 0 Å². The van der Waals surface area contributed by atoms with Crippen molar-refractivity contribution in [3.05, 3.63) is 0 Å². The van der Waals surface area contributed by atoms with E-state index >= 15 is 0 Å². The van der Waals surface area contributed by atoms with E-state index in [4.69, 9.17) is 41.4 Å². The number of nitrogens with zero attached hydrogens (tertiary/aromatic N) is 1. The summed E-state index contributed by atoms with van der Waals surface area (Å²) in [6, 6.07) is 0. The van der Waals surface area contributed by atoms with Crippen LogP contribution in [-0.4, -0.2) is 70.6 Å². The van der Waals surface area contributed by atoms with E-state index in [1.54, 1.807) is 0 Å². The van der Waals surface area contributed by atoms with Gasteiger partial charge in [0.15, 0.2) is 6.78 Å². The van der Waals surface area contributed by atoms with E-state index in [-0.39, 0.29) is 0 Å². The summed E-state index contributed by atoms with van der Waals surface area (Å²) in [7, 11) is 0. The Labute approximate surface area is 119 Å². The van der Waals surface area contributed by atoms with Gasteiger partial charge in [-0.3, -0.25) is 4.67 Å². The number of ether oxygens (including phenoxy) is 4. The Kier molecular flexibility index (Phi) is 10.9. The van der Waals surface area contributed by atoms with E-state index in [1.165, 1.54) is 0 Å². The lowest BCUT2D eigenvalue weighted by atomic mass is 10.6. The minimum absolute atomic E-state index is 0.576. The summed E-state index contributed by atoms with van der Waals surface area (Å²) in [5, 5.41) is 0. The first-order valence-electron chi connectivity index (χ1n) is 5.98. The van der Waals surface area contributed by atoms with Crippen LogP contribution in [0.3, 0.4) is 0 Å². The third-order valence-electron chi connectivity index (χ3n) is 2.32. The first-order chi connectivity index (χ1) is 8.80. The Hall–Kier alpha value is 0.810. The summed E-state index contributed by atoms with van der Waals surface area (Å²) in [5.74, 6) is 0. The Balaban J connectivity index is 2.24. The fourth-order valence-corrected chi connectivity index (χ4v) is 2.74. The molecule has 1 rings (SSSR count). The Bertz CT molecular complexity index is 187. The van der Waals surface area contributed by atoms with Gasteiger partial charge in [-0.1, -0.05) is 22.5 Å². The third-order valence-corrected chi connectivity index (χ3v) is 4.43. The monoisotopic (exact) mass is 319 g/mol. The quantitative estimate of drug-likeness (QED) is 0.692. The molecule has 0 spiro atoms. The van der Waals surface area contributed by atoms with Crippen LogP contribution >= 0.6 is 29.3 Å². The maximum atomic E-state index is 5.93. The number of hydrogen-bond donors (Lipinski definition) is 0. The van der Waals surface area contributed by atoms with Gasteiger partial charge in [0, 0.05) is 13.1 Å². The van der Waals surface area contributed by atoms with Crippen LogP contribution in [0.5, 0.6) is 0 Å². The van der Waals surface area contributed by atoms with Crippen LogP contribution < -0.4 is 0 Å². The van der Waals surface area contributed by atoms with Gasteiger partial charge in [-0.05, 0) is 0 Å². The highest BCUT2D eigenvalue weighted by molar-refractivity contribution is 8.02. The van der Waals surface area contributed by atoms with Crippen molar-refractivity contribution < 1.29 is 18.9 Å². The minimum atomic E-state index is -1.15. The van der Waals surface area contributed by atoms with Crippen molar-refractivity contribution in [1.82, 2.24) is 4.67 Å². The normalized spacial score (nSPS) is 23.5. The maximum Gasteiger partial charge on any atom is 0.160 e. The molecule has 1 aliphatic rings. The number of halogens is 2. The van der Waals surface area contributed by atoms with Crippen LogP contribution in [0.15, 0.2) is 0 Å². The molecular weight excluding hydrogens is 300 g/mol. The lowest BCUT2D eigenvalue weighted by Crippen LogP contribution is -2.25. The van der Waals surface area contributed by atoms with Crippen LogP contribution in [0.25, 0.3) is 0 Å². The predicted molar refractivity (Wildman–Crippen MR) is 73.5 cm³/mol. The van der Waals surface area contributed by atoms with Crippen molar-refractivity contribution in [3.63, 3.8) is 0 Å². The van der Waals surface area contributed by atoms with Crippen LogP contribution in [0.1, 0.15) is 0 Å². The highest BCUT2D eigenvalue weighted by Crippen LogP contribution is 2.49. The molecule has 0 radical (unpaired) electrons. The molecule has 0 aliphatic carbocycles. The summed E-state index contributed by atoms with van der Waals surface area (Å²) >= 11 is 11.9. The maximum absolute atomic E-state index is 5.93. The van der Waals surface area contributed by atoms with Gasteiger partial charge in [0.1, 0.15) is 0 Å². The van der Waals surface area contributed by atoms with Crippen molar-refractivity contribution in [2.24, 2.45) is 0 Å². The largest absolute Gasteiger partial charge is 0.378 e. The summed E-state index contributed by atoms with van der Waals surface area (Å²) in [6.45, 7) is 4.95. The Morgan fingerprint density at radius 2 is 0.944 bits per heavy atom. The fourth-order valence-electron chi connectivity index (χ4n) is 1.36. The zero-order valence-corrected chi connectivity index (χ0v) is 12.8. The second-order valence-electron chi connectivity index (χ2n) is 3.62. The second-order valence-corrected chi connectivity index (χ2v) is 7.05. The van der Waals surface area contributed by atoms with Gasteiger partial charge in [0.2, 0.25) is 0 Å². The average Bonchev–Trinajstić information content (AvgIpc) is 2.36. The molecule has 1 heterocycles. The molecule has 0 N–H and O–H groups in total. The van der Waals surface area contributed by atoms with Crippen LogP contribution in [0.2, 0.25) is 0 Å². The van der Waals surface area contributed by atoms with Crippen molar-refractivity contribution in [3.8, 4) is 0 Å². The predicted octanol–water partition coefficient (Wildman–Crippen LogP) is 2.07. The van der Waals surface area contributed by atoms with Gasteiger partial charge in [-0.2, -0.15) is 0 Å². The zero-order chi connectivity index (χ0) is 13.1. The zero-order valence-electron chi connectivity index (χ0n) is 10.4. The van der Waals surface area contributed by atoms with E-state index in [0.717, 1.165) is 0 Å². The smallest absolute Gasteiger partial charge is 0.160 e. The minimum Gasteiger partial charge on any atom is -0.378 e. The SMILES string of the molecule is ClP(Cl)N1CCOCCOCCOCCOCC1. The van der Waals surface area contributed by atoms with Gasteiger partial charge in [-0.15, -0.1) is 0 Å². The molecule has 18 heavy (non-hydrogen) atoms. The van der Waals surface area contributed by atoms with Crippen LogP contribution in [0.4, 0.5) is 0 Å². The molecule has 0 atom stereocenters. The first-order valence-corrected chi connectivity index (χ1v) is 9.08. The molecule has 1 fully saturated rings. The van der Waals surface area contributed by atoms with Crippen LogP contribution in [-0.2, 0) is 18.9 Å². The highest BCUT2D eigenvalue weighted by atomic mass is 35.9. The summed E-state index contributed by atoms with van der Waals surface area (Å²) < 4.78 is 23.5. The van der Waals surface area contributed by atoms with E-state index < -0.39 is 6.78 Å². The topological polar surface area (TPSA) is 40.2 Å². The number of rotatable bonds is 1. The molecule has 1 aliphatic heterocycles. The molecule has 0 bridgehead atoms. The van der Waals surface area contributed by atoms with Gasteiger partial charge in [0.25, 0.3) is 0 Å².